The summed E-state index contributed by atoms with van der Waals surface area (Å²) in [6.07, 6.45) is 0. The van der Waals surface area contributed by atoms with Crippen LogP contribution in [-0.4, -0.2) is 23.6 Å². The van der Waals surface area contributed by atoms with Gasteiger partial charge in [0.05, 0.1) is 13.2 Å². The topological polar surface area (TPSA) is 84.9 Å². The first-order valence-electron chi connectivity index (χ1n) is 7.91. The minimum absolute atomic E-state index is 0.227. The first kappa shape index (κ1) is 17.0. The van der Waals surface area contributed by atoms with Gasteiger partial charge in [-0.15, -0.1) is 0 Å². The first-order chi connectivity index (χ1) is 11.9. The monoisotopic (exact) mass is 341 g/mol. The van der Waals surface area contributed by atoms with E-state index in [9.17, 15) is 9.59 Å². The molecule has 0 aliphatic carbocycles. The third-order valence-corrected chi connectivity index (χ3v) is 4.04. The maximum atomic E-state index is 12.5. The van der Waals surface area contributed by atoms with E-state index in [4.69, 9.17) is 14.6 Å². The Hall–Kier alpha value is -2.86. The number of carbonyl (C=O) groups is 2. The molecule has 0 saturated carbocycles. The van der Waals surface area contributed by atoms with Gasteiger partial charge in [0.1, 0.15) is 5.75 Å². The molecule has 0 radical (unpaired) electrons. The van der Waals surface area contributed by atoms with Crippen molar-refractivity contribution in [1.82, 2.24) is 0 Å². The number of benzene rings is 2. The second-order valence-electron chi connectivity index (χ2n) is 6.05. The highest BCUT2D eigenvalue weighted by molar-refractivity contribution is 6.04. The lowest BCUT2D eigenvalue weighted by Crippen LogP contribution is -2.14. The largest absolute Gasteiger partial charge is 0.481 e. The van der Waals surface area contributed by atoms with Crippen molar-refractivity contribution in [2.45, 2.75) is 27.1 Å². The van der Waals surface area contributed by atoms with Crippen LogP contribution in [0.1, 0.15) is 32.6 Å². The van der Waals surface area contributed by atoms with Gasteiger partial charge in [0.2, 0.25) is 0 Å². The Bertz CT molecular complexity index is 821. The highest BCUT2D eigenvalue weighted by atomic mass is 16.5. The van der Waals surface area contributed by atoms with Crippen molar-refractivity contribution in [3.8, 4) is 5.75 Å². The van der Waals surface area contributed by atoms with E-state index in [2.05, 4.69) is 5.32 Å². The molecule has 0 saturated heterocycles. The minimum atomic E-state index is -1.04. The number of hydrogen-bond donors (Lipinski definition) is 2. The van der Waals surface area contributed by atoms with E-state index in [1.54, 1.807) is 26.0 Å². The SMILES string of the molecule is Cc1cc(C(=O)Nc2ccc3c(c2)COC3)cc(C)c1OCC(=O)O. The van der Waals surface area contributed by atoms with Crippen molar-refractivity contribution in [2.75, 3.05) is 11.9 Å². The molecule has 1 aliphatic heterocycles. The fourth-order valence-electron chi connectivity index (χ4n) is 2.90. The van der Waals surface area contributed by atoms with Gasteiger partial charge in [-0.25, -0.2) is 4.79 Å². The highest BCUT2D eigenvalue weighted by Crippen LogP contribution is 2.26. The molecule has 2 N–H and O–H groups in total. The average molecular weight is 341 g/mol. The molecule has 2 aromatic carbocycles. The van der Waals surface area contributed by atoms with Crippen LogP contribution in [0.4, 0.5) is 5.69 Å². The number of aryl methyl sites for hydroxylation is 2. The van der Waals surface area contributed by atoms with Gasteiger partial charge in [0.15, 0.2) is 6.61 Å². The van der Waals surface area contributed by atoms with Gasteiger partial charge in [-0.3, -0.25) is 4.79 Å². The standard InChI is InChI=1S/C19H19NO5/c1-11-5-14(6-12(2)18(11)25-10-17(21)22)19(23)20-16-4-3-13-8-24-9-15(13)7-16/h3-7H,8-10H2,1-2H3,(H,20,23)(H,21,22). The van der Waals surface area contributed by atoms with Crippen LogP contribution >= 0.6 is 0 Å². The van der Waals surface area contributed by atoms with Gasteiger partial charge < -0.3 is 19.9 Å². The number of carboxylic acid groups (broad SMARTS) is 1. The molecule has 6 heteroatoms. The number of nitrogens with one attached hydrogen (secondary N) is 1. The van der Waals surface area contributed by atoms with Crippen LogP contribution in [0.5, 0.6) is 5.75 Å². The van der Waals surface area contributed by atoms with Crippen molar-refractivity contribution >= 4 is 17.6 Å². The van der Waals surface area contributed by atoms with Gasteiger partial charge in [0, 0.05) is 11.3 Å². The van der Waals surface area contributed by atoms with Gasteiger partial charge in [-0.1, -0.05) is 6.07 Å². The number of rotatable bonds is 5. The quantitative estimate of drug-likeness (QED) is 0.873. The Balaban J connectivity index is 1.77. The molecule has 25 heavy (non-hydrogen) atoms. The van der Waals surface area contributed by atoms with Crippen LogP contribution in [0.15, 0.2) is 30.3 Å². The molecule has 1 heterocycles. The van der Waals surface area contributed by atoms with Gasteiger partial charge in [-0.05, 0) is 60.4 Å². The Labute approximate surface area is 145 Å². The lowest BCUT2D eigenvalue weighted by atomic mass is 10.0. The maximum absolute atomic E-state index is 12.5. The van der Waals surface area contributed by atoms with Crippen molar-refractivity contribution in [3.63, 3.8) is 0 Å². The normalized spacial score (nSPS) is 12.6. The molecule has 130 valence electrons. The number of amides is 1. The summed E-state index contributed by atoms with van der Waals surface area (Å²) < 4.78 is 10.7. The average Bonchev–Trinajstić information content (AvgIpc) is 3.01. The van der Waals surface area contributed by atoms with Crippen molar-refractivity contribution in [1.29, 1.82) is 0 Å². The van der Waals surface area contributed by atoms with Crippen LogP contribution in [0.2, 0.25) is 0 Å². The maximum Gasteiger partial charge on any atom is 0.341 e. The second kappa shape index (κ2) is 6.94. The molecule has 0 fully saturated rings. The molecule has 1 aliphatic rings. The minimum Gasteiger partial charge on any atom is -0.481 e. The number of carboxylic acids is 1. The molecule has 0 bridgehead atoms. The molecule has 0 unspecified atom stereocenters. The van der Waals surface area contributed by atoms with Crippen LogP contribution in [0.3, 0.4) is 0 Å². The van der Waals surface area contributed by atoms with Gasteiger partial charge in [0.25, 0.3) is 5.91 Å². The van der Waals surface area contributed by atoms with E-state index in [0.717, 1.165) is 16.8 Å². The zero-order valence-corrected chi connectivity index (χ0v) is 14.1. The molecule has 3 rings (SSSR count). The lowest BCUT2D eigenvalue weighted by Gasteiger charge is -2.13. The summed E-state index contributed by atoms with van der Waals surface area (Å²) in [5.41, 5.74) is 4.87. The van der Waals surface area contributed by atoms with Crippen molar-refractivity contribution < 1.29 is 24.2 Å². The molecule has 6 nitrogen and oxygen atoms in total. The summed E-state index contributed by atoms with van der Waals surface area (Å²) >= 11 is 0. The zero-order chi connectivity index (χ0) is 18.0. The third-order valence-electron chi connectivity index (χ3n) is 4.04. The van der Waals surface area contributed by atoms with Crippen LogP contribution in [0.25, 0.3) is 0 Å². The number of anilines is 1. The Morgan fingerprint density at radius 1 is 1.12 bits per heavy atom. The molecule has 0 atom stereocenters. The number of fused-ring (bicyclic) bond motifs is 1. The number of hydrogen-bond acceptors (Lipinski definition) is 4. The lowest BCUT2D eigenvalue weighted by molar-refractivity contribution is -0.139. The van der Waals surface area contributed by atoms with Crippen LogP contribution in [0, 0.1) is 13.8 Å². The summed E-state index contributed by atoms with van der Waals surface area (Å²) in [5.74, 6) is -0.773. The molecule has 0 aromatic heterocycles. The Morgan fingerprint density at radius 3 is 2.48 bits per heavy atom. The second-order valence-corrected chi connectivity index (χ2v) is 6.05. The number of ether oxygens (including phenoxy) is 2. The predicted molar refractivity (Wildman–Crippen MR) is 91.9 cm³/mol. The first-order valence-corrected chi connectivity index (χ1v) is 7.91. The molecule has 0 spiro atoms. The van der Waals surface area contributed by atoms with E-state index in [-0.39, 0.29) is 5.91 Å². The molecular formula is C19H19NO5. The van der Waals surface area contributed by atoms with E-state index in [1.165, 1.54) is 0 Å². The van der Waals surface area contributed by atoms with E-state index in [1.807, 2.05) is 18.2 Å². The third kappa shape index (κ3) is 3.80. The highest BCUT2D eigenvalue weighted by Gasteiger charge is 2.15. The van der Waals surface area contributed by atoms with Crippen molar-refractivity contribution in [3.05, 3.63) is 58.1 Å². The summed E-state index contributed by atoms with van der Waals surface area (Å²) in [6.45, 7) is 4.33. The summed E-state index contributed by atoms with van der Waals surface area (Å²) in [5, 5.41) is 11.6. The predicted octanol–water partition coefficient (Wildman–Crippen LogP) is 3.05. The molecule has 2 aromatic rings. The van der Waals surface area contributed by atoms with Gasteiger partial charge in [-0.2, -0.15) is 0 Å². The Morgan fingerprint density at radius 2 is 1.80 bits per heavy atom. The van der Waals surface area contributed by atoms with Crippen LogP contribution < -0.4 is 10.1 Å². The van der Waals surface area contributed by atoms with Gasteiger partial charge >= 0.3 is 5.97 Å². The smallest absolute Gasteiger partial charge is 0.341 e. The van der Waals surface area contributed by atoms with Crippen molar-refractivity contribution in [2.24, 2.45) is 0 Å². The summed E-state index contributed by atoms with van der Waals surface area (Å²) in [4.78, 5) is 23.2. The molecular weight excluding hydrogens is 322 g/mol. The van der Waals surface area contributed by atoms with E-state index < -0.39 is 12.6 Å². The fraction of sp³-hybridized carbons (Fsp3) is 0.263. The number of carbonyl (C=O) groups excluding carboxylic acids is 1. The Kier molecular flexibility index (Phi) is 4.72. The van der Waals surface area contributed by atoms with Crippen LogP contribution in [-0.2, 0) is 22.7 Å². The van der Waals surface area contributed by atoms with E-state index >= 15 is 0 Å². The van der Waals surface area contributed by atoms with E-state index in [0.29, 0.717) is 35.7 Å². The summed E-state index contributed by atoms with van der Waals surface area (Å²) in [7, 11) is 0. The fourth-order valence-corrected chi connectivity index (χ4v) is 2.90. The number of aliphatic carboxylic acids is 1. The summed E-state index contributed by atoms with van der Waals surface area (Å²) in [6, 6.07) is 9.11. The zero-order valence-electron chi connectivity index (χ0n) is 14.1. The molecule has 1 amide bonds.